The zero-order valence-corrected chi connectivity index (χ0v) is 14.7. The summed E-state index contributed by atoms with van der Waals surface area (Å²) in [6, 6.07) is 11.6. The molecule has 23 heavy (non-hydrogen) atoms. The van der Waals surface area contributed by atoms with Crippen LogP contribution in [0, 0.1) is 0 Å². The summed E-state index contributed by atoms with van der Waals surface area (Å²) in [4.78, 5) is 11.8. The molecule has 2 aromatic rings. The summed E-state index contributed by atoms with van der Waals surface area (Å²) >= 11 is 22.6. The maximum Gasteiger partial charge on any atom is 0.264 e. The van der Waals surface area contributed by atoms with Gasteiger partial charge in [-0.15, -0.1) is 0 Å². The Labute approximate surface area is 153 Å². The number of hydrogen-bond donors (Lipinski definition) is 2. The monoisotopic (exact) mass is 388 g/mol. The van der Waals surface area contributed by atoms with Crippen LogP contribution in [0.5, 0.6) is 5.75 Å². The van der Waals surface area contributed by atoms with Crippen LogP contribution in [0.2, 0.25) is 15.1 Å². The molecule has 0 aliphatic heterocycles. The van der Waals surface area contributed by atoms with Gasteiger partial charge in [0.2, 0.25) is 0 Å². The van der Waals surface area contributed by atoms with Gasteiger partial charge in [0, 0.05) is 10.0 Å². The first-order valence-corrected chi connectivity index (χ1v) is 7.92. The summed E-state index contributed by atoms with van der Waals surface area (Å²) in [5.74, 6) is 0.131. The van der Waals surface area contributed by atoms with Gasteiger partial charge in [0.1, 0.15) is 5.75 Å². The van der Waals surface area contributed by atoms with E-state index in [9.17, 15) is 4.79 Å². The zero-order valence-electron chi connectivity index (χ0n) is 11.6. The van der Waals surface area contributed by atoms with Crippen LogP contribution in [0.1, 0.15) is 0 Å². The Morgan fingerprint density at radius 2 is 1.70 bits per heavy atom. The quantitative estimate of drug-likeness (QED) is 0.754. The van der Waals surface area contributed by atoms with Crippen LogP contribution in [-0.4, -0.2) is 17.6 Å². The number of carbonyl (C=O) groups excluding carboxylic acids is 1. The largest absolute Gasteiger partial charge is 0.484 e. The number of nitrogens with one attached hydrogen (secondary N) is 2. The minimum Gasteiger partial charge on any atom is -0.484 e. The number of hydrogen-bond acceptors (Lipinski definition) is 3. The molecule has 2 aromatic carbocycles. The molecule has 0 heterocycles. The molecule has 2 N–H and O–H groups in total. The maximum absolute atomic E-state index is 11.8. The standard InChI is InChI=1S/C15H11Cl3N2O2S/c16-9-1-4-11(5-2-9)22-8-14(21)20-15(23)19-13-6-3-10(17)7-12(13)18/h1-7H,8H2,(H2,19,20,21,23). The molecule has 8 heteroatoms. The Balaban J connectivity index is 1.82. The van der Waals surface area contributed by atoms with E-state index in [1.807, 2.05) is 0 Å². The minimum absolute atomic E-state index is 0.110. The molecule has 0 atom stereocenters. The number of halogens is 3. The van der Waals surface area contributed by atoms with Crippen LogP contribution in [-0.2, 0) is 4.79 Å². The highest BCUT2D eigenvalue weighted by molar-refractivity contribution is 7.80. The van der Waals surface area contributed by atoms with Gasteiger partial charge in [-0.2, -0.15) is 0 Å². The Morgan fingerprint density at radius 1 is 1.04 bits per heavy atom. The fraction of sp³-hybridized carbons (Fsp3) is 0.0667. The lowest BCUT2D eigenvalue weighted by molar-refractivity contribution is -0.121. The van der Waals surface area contributed by atoms with Gasteiger partial charge in [0.15, 0.2) is 11.7 Å². The van der Waals surface area contributed by atoms with E-state index in [0.717, 1.165) is 0 Å². The lowest BCUT2D eigenvalue weighted by Gasteiger charge is -2.11. The van der Waals surface area contributed by atoms with E-state index in [1.54, 1.807) is 42.5 Å². The van der Waals surface area contributed by atoms with Crippen molar-refractivity contribution in [3.05, 3.63) is 57.5 Å². The summed E-state index contributed by atoms with van der Waals surface area (Å²) in [6.45, 7) is -0.183. The summed E-state index contributed by atoms with van der Waals surface area (Å²) in [5, 5.41) is 6.90. The fourth-order valence-corrected chi connectivity index (χ4v) is 2.39. The first kappa shape index (κ1) is 17.8. The molecule has 0 unspecified atom stereocenters. The smallest absolute Gasteiger partial charge is 0.264 e. The molecule has 0 fully saturated rings. The molecule has 0 aliphatic carbocycles. The van der Waals surface area contributed by atoms with E-state index in [-0.39, 0.29) is 11.7 Å². The number of carbonyl (C=O) groups is 1. The molecule has 0 saturated carbocycles. The summed E-state index contributed by atoms with van der Waals surface area (Å²) < 4.78 is 5.31. The number of amides is 1. The Hall–Kier alpha value is -1.53. The average molecular weight is 390 g/mol. The van der Waals surface area contributed by atoms with Crippen LogP contribution < -0.4 is 15.4 Å². The lowest BCUT2D eigenvalue weighted by atomic mass is 10.3. The predicted molar refractivity (Wildman–Crippen MR) is 97.8 cm³/mol. The molecule has 0 radical (unpaired) electrons. The number of anilines is 1. The molecule has 120 valence electrons. The van der Waals surface area contributed by atoms with E-state index in [0.29, 0.717) is 26.5 Å². The summed E-state index contributed by atoms with van der Waals surface area (Å²) in [7, 11) is 0. The number of ether oxygens (including phenoxy) is 1. The van der Waals surface area contributed by atoms with Crippen molar-refractivity contribution in [3.63, 3.8) is 0 Å². The van der Waals surface area contributed by atoms with Crippen molar-refractivity contribution in [2.45, 2.75) is 0 Å². The van der Waals surface area contributed by atoms with Gasteiger partial charge in [-0.1, -0.05) is 34.8 Å². The molecule has 0 aromatic heterocycles. The minimum atomic E-state index is -0.400. The third-order valence-corrected chi connectivity index (χ3v) is 3.62. The van der Waals surface area contributed by atoms with Crippen molar-refractivity contribution in [2.75, 3.05) is 11.9 Å². The van der Waals surface area contributed by atoms with Crippen LogP contribution in [0.4, 0.5) is 5.69 Å². The molecule has 0 bridgehead atoms. The topological polar surface area (TPSA) is 50.4 Å². The first-order valence-electron chi connectivity index (χ1n) is 6.38. The van der Waals surface area contributed by atoms with Crippen molar-refractivity contribution in [2.24, 2.45) is 0 Å². The molecule has 2 rings (SSSR count). The van der Waals surface area contributed by atoms with Crippen LogP contribution >= 0.6 is 47.0 Å². The van der Waals surface area contributed by atoms with Crippen molar-refractivity contribution < 1.29 is 9.53 Å². The van der Waals surface area contributed by atoms with Crippen molar-refractivity contribution in [1.82, 2.24) is 5.32 Å². The van der Waals surface area contributed by atoms with Crippen molar-refractivity contribution in [3.8, 4) is 5.75 Å². The molecular weight excluding hydrogens is 379 g/mol. The van der Waals surface area contributed by atoms with Crippen LogP contribution in [0.25, 0.3) is 0 Å². The van der Waals surface area contributed by atoms with Gasteiger partial charge in [-0.3, -0.25) is 10.1 Å². The van der Waals surface area contributed by atoms with Crippen molar-refractivity contribution >= 4 is 63.7 Å². The maximum atomic E-state index is 11.8. The third-order valence-electron chi connectivity index (χ3n) is 2.62. The normalized spacial score (nSPS) is 10.0. The molecule has 1 amide bonds. The predicted octanol–water partition coefficient (Wildman–Crippen LogP) is 4.54. The van der Waals surface area contributed by atoms with Gasteiger partial charge in [-0.05, 0) is 54.7 Å². The molecular formula is C15H11Cl3N2O2S. The molecule has 0 spiro atoms. The lowest BCUT2D eigenvalue weighted by Crippen LogP contribution is -2.37. The Morgan fingerprint density at radius 3 is 2.35 bits per heavy atom. The van der Waals surface area contributed by atoms with E-state index in [4.69, 9.17) is 51.8 Å². The van der Waals surface area contributed by atoms with Gasteiger partial charge in [0.25, 0.3) is 5.91 Å². The fourth-order valence-electron chi connectivity index (χ4n) is 1.59. The Kier molecular flexibility index (Phi) is 6.47. The van der Waals surface area contributed by atoms with E-state index < -0.39 is 5.91 Å². The van der Waals surface area contributed by atoms with Gasteiger partial charge in [-0.25, -0.2) is 0 Å². The van der Waals surface area contributed by atoms with Crippen LogP contribution in [0.3, 0.4) is 0 Å². The number of thiocarbonyl (C=S) groups is 1. The third kappa shape index (κ3) is 5.88. The van der Waals surface area contributed by atoms with E-state index in [1.165, 1.54) is 0 Å². The number of benzene rings is 2. The highest BCUT2D eigenvalue weighted by Crippen LogP contribution is 2.25. The summed E-state index contributed by atoms with van der Waals surface area (Å²) in [6.07, 6.45) is 0. The van der Waals surface area contributed by atoms with Gasteiger partial charge < -0.3 is 10.1 Å². The molecule has 0 saturated heterocycles. The van der Waals surface area contributed by atoms with Gasteiger partial charge in [0.05, 0.1) is 10.7 Å². The van der Waals surface area contributed by atoms with Crippen LogP contribution in [0.15, 0.2) is 42.5 Å². The summed E-state index contributed by atoms with van der Waals surface area (Å²) in [5.41, 5.74) is 0.542. The molecule has 0 aliphatic rings. The van der Waals surface area contributed by atoms with E-state index in [2.05, 4.69) is 10.6 Å². The highest BCUT2D eigenvalue weighted by Gasteiger charge is 2.08. The molecule has 4 nitrogen and oxygen atoms in total. The Bertz CT molecular complexity index is 723. The number of rotatable bonds is 4. The highest BCUT2D eigenvalue weighted by atomic mass is 35.5. The first-order chi connectivity index (χ1) is 10.9. The second-order valence-corrected chi connectivity index (χ2v) is 6.06. The zero-order chi connectivity index (χ0) is 16.8. The average Bonchev–Trinajstić information content (AvgIpc) is 2.49. The second-order valence-electron chi connectivity index (χ2n) is 4.37. The van der Waals surface area contributed by atoms with E-state index >= 15 is 0 Å². The SMILES string of the molecule is O=C(COc1ccc(Cl)cc1)NC(=S)Nc1ccc(Cl)cc1Cl. The van der Waals surface area contributed by atoms with Gasteiger partial charge >= 0.3 is 0 Å². The van der Waals surface area contributed by atoms with Crippen molar-refractivity contribution in [1.29, 1.82) is 0 Å². The second kappa shape index (κ2) is 8.36.